The van der Waals surface area contributed by atoms with Gasteiger partial charge in [-0.15, -0.1) is 0 Å². The SMILES string of the molecule is CCC1CCN(c2nc(N)nc(N(CC)CC)n2)C1. The van der Waals surface area contributed by atoms with Gasteiger partial charge in [-0.1, -0.05) is 13.3 Å². The molecule has 6 nitrogen and oxygen atoms in total. The third kappa shape index (κ3) is 3.05. The second-order valence-electron chi connectivity index (χ2n) is 4.97. The number of aromatic nitrogens is 3. The quantitative estimate of drug-likeness (QED) is 0.869. The Morgan fingerprint density at radius 3 is 2.53 bits per heavy atom. The molecule has 0 saturated carbocycles. The van der Waals surface area contributed by atoms with Crippen LogP contribution >= 0.6 is 0 Å². The van der Waals surface area contributed by atoms with Crippen LogP contribution in [0.25, 0.3) is 0 Å². The Morgan fingerprint density at radius 1 is 1.21 bits per heavy atom. The molecule has 1 unspecified atom stereocenters. The predicted octanol–water partition coefficient (Wildman–Crippen LogP) is 1.54. The van der Waals surface area contributed by atoms with Gasteiger partial charge >= 0.3 is 0 Å². The van der Waals surface area contributed by atoms with Gasteiger partial charge in [-0.2, -0.15) is 15.0 Å². The standard InChI is InChI=1S/C13H24N6/c1-4-10-7-8-19(9-10)13-16-11(14)15-12(17-13)18(5-2)6-3/h10H,4-9H2,1-3H3,(H2,14,15,16,17). The molecule has 0 amide bonds. The summed E-state index contributed by atoms with van der Waals surface area (Å²) in [5.41, 5.74) is 5.83. The molecule has 0 radical (unpaired) electrons. The van der Waals surface area contributed by atoms with Gasteiger partial charge in [0.1, 0.15) is 0 Å². The Bertz CT molecular complexity index is 418. The van der Waals surface area contributed by atoms with Crippen molar-refractivity contribution in [2.24, 2.45) is 5.92 Å². The molecule has 1 saturated heterocycles. The summed E-state index contributed by atoms with van der Waals surface area (Å²) in [6.07, 6.45) is 2.42. The van der Waals surface area contributed by atoms with Gasteiger partial charge in [0.25, 0.3) is 0 Å². The van der Waals surface area contributed by atoms with Crippen LogP contribution in [0.5, 0.6) is 0 Å². The van der Waals surface area contributed by atoms with E-state index >= 15 is 0 Å². The maximum absolute atomic E-state index is 5.83. The number of hydrogen-bond acceptors (Lipinski definition) is 6. The minimum absolute atomic E-state index is 0.312. The maximum atomic E-state index is 5.83. The van der Waals surface area contributed by atoms with Gasteiger partial charge in [0.15, 0.2) is 0 Å². The number of hydrogen-bond donors (Lipinski definition) is 1. The van der Waals surface area contributed by atoms with Crippen LogP contribution < -0.4 is 15.5 Å². The molecule has 19 heavy (non-hydrogen) atoms. The molecule has 1 aliphatic heterocycles. The molecule has 1 fully saturated rings. The van der Waals surface area contributed by atoms with Crippen molar-refractivity contribution >= 4 is 17.8 Å². The van der Waals surface area contributed by atoms with Crippen molar-refractivity contribution in [1.82, 2.24) is 15.0 Å². The van der Waals surface area contributed by atoms with Gasteiger partial charge in [-0.25, -0.2) is 0 Å². The third-order valence-electron chi connectivity index (χ3n) is 3.82. The molecular weight excluding hydrogens is 240 g/mol. The van der Waals surface area contributed by atoms with Crippen molar-refractivity contribution < 1.29 is 0 Å². The van der Waals surface area contributed by atoms with Crippen LogP contribution in [0.1, 0.15) is 33.6 Å². The fourth-order valence-electron chi connectivity index (χ4n) is 2.51. The molecule has 1 aromatic heterocycles. The highest BCUT2D eigenvalue weighted by Crippen LogP contribution is 2.24. The van der Waals surface area contributed by atoms with Crippen molar-refractivity contribution in [3.05, 3.63) is 0 Å². The van der Waals surface area contributed by atoms with E-state index in [0.29, 0.717) is 11.9 Å². The molecule has 0 spiro atoms. The van der Waals surface area contributed by atoms with E-state index in [1.54, 1.807) is 0 Å². The fourth-order valence-corrected chi connectivity index (χ4v) is 2.51. The topological polar surface area (TPSA) is 71.2 Å². The number of nitrogens with two attached hydrogens (primary N) is 1. The largest absolute Gasteiger partial charge is 0.368 e. The molecule has 6 heteroatoms. The van der Waals surface area contributed by atoms with Crippen LogP contribution in [0.15, 0.2) is 0 Å². The number of rotatable bonds is 5. The predicted molar refractivity (Wildman–Crippen MR) is 78.4 cm³/mol. The maximum Gasteiger partial charge on any atom is 0.231 e. The summed E-state index contributed by atoms with van der Waals surface area (Å²) >= 11 is 0. The van der Waals surface area contributed by atoms with E-state index in [-0.39, 0.29) is 0 Å². The smallest absolute Gasteiger partial charge is 0.231 e. The zero-order valence-corrected chi connectivity index (χ0v) is 12.1. The molecule has 0 aliphatic carbocycles. The molecule has 106 valence electrons. The molecule has 1 aromatic rings. The third-order valence-corrected chi connectivity index (χ3v) is 3.82. The lowest BCUT2D eigenvalue weighted by molar-refractivity contribution is 0.568. The second kappa shape index (κ2) is 6.04. The van der Waals surface area contributed by atoms with E-state index in [2.05, 4.69) is 45.5 Å². The Balaban J connectivity index is 2.22. The van der Waals surface area contributed by atoms with E-state index in [1.807, 2.05) is 0 Å². The van der Waals surface area contributed by atoms with Crippen LogP contribution in [0.3, 0.4) is 0 Å². The zero-order chi connectivity index (χ0) is 13.8. The van der Waals surface area contributed by atoms with E-state index in [4.69, 9.17) is 5.73 Å². The number of anilines is 3. The van der Waals surface area contributed by atoms with Crippen LogP contribution in [-0.2, 0) is 0 Å². The number of nitrogen functional groups attached to an aromatic ring is 1. The van der Waals surface area contributed by atoms with Crippen LogP contribution in [0.2, 0.25) is 0 Å². The lowest BCUT2D eigenvalue weighted by atomic mass is 10.1. The van der Waals surface area contributed by atoms with Crippen molar-refractivity contribution in [2.75, 3.05) is 41.7 Å². The van der Waals surface area contributed by atoms with Gasteiger partial charge in [0.05, 0.1) is 0 Å². The highest BCUT2D eigenvalue weighted by molar-refractivity contribution is 5.44. The monoisotopic (exact) mass is 264 g/mol. The Morgan fingerprint density at radius 2 is 1.95 bits per heavy atom. The normalized spacial score (nSPS) is 18.9. The average Bonchev–Trinajstić information content (AvgIpc) is 2.88. The molecular formula is C13H24N6. The molecule has 0 aromatic carbocycles. The highest BCUT2D eigenvalue weighted by atomic mass is 15.4. The summed E-state index contributed by atoms with van der Waals surface area (Å²) in [5, 5.41) is 0. The minimum Gasteiger partial charge on any atom is -0.368 e. The van der Waals surface area contributed by atoms with Crippen molar-refractivity contribution in [1.29, 1.82) is 0 Å². The summed E-state index contributed by atoms with van der Waals surface area (Å²) in [6.45, 7) is 10.2. The molecule has 2 N–H and O–H groups in total. The van der Waals surface area contributed by atoms with Crippen LogP contribution in [0.4, 0.5) is 17.8 Å². The first-order valence-corrected chi connectivity index (χ1v) is 7.19. The summed E-state index contributed by atoms with van der Waals surface area (Å²) in [7, 11) is 0. The zero-order valence-electron chi connectivity index (χ0n) is 12.1. The Kier molecular flexibility index (Phi) is 4.39. The average molecular weight is 264 g/mol. The van der Waals surface area contributed by atoms with E-state index in [0.717, 1.165) is 38.0 Å². The van der Waals surface area contributed by atoms with E-state index in [1.165, 1.54) is 12.8 Å². The van der Waals surface area contributed by atoms with Gasteiger partial charge in [0, 0.05) is 26.2 Å². The molecule has 1 atom stereocenters. The summed E-state index contributed by atoms with van der Waals surface area (Å²) in [6, 6.07) is 0. The van der Waals surface area contributed by atoms with Gasteiger partial charge < -0.3 is 15.5 Å². The molecule has 1 aliphatic rings. The lowest BCUT2D eigenvalue weighted by Crippen LogP contribution is -2.28. The van der Waals surface area contributed by atoms with Crippen molar-refractivity contribution in [2.45, 2.75) is 33.6 Å². The van der Waals surface area contributed by atoms with Crippen LogP contribution in [0, 0.1) is 5.92 Å². The summed E-state index contributed by atoms with van der Waals surface area (Å²) in [5.74, 6) is 2.47. The Labute approximate surface area is 115 Å². The highest BCUT2D eigenvalue weighted by Gasteiger charge is 2.24. The first-order chi connectivity index (χ1) is 9.17. The van der Waals surface area contributed by atoms with Gasteiger partial charge in [-0.05, 0) is 26.2 Å². The van der Waals surface area contributed by atoms with E-state index < -0.39 is 0 Å². The Hall–Kier alpha value is -1.59. The van der Waals surface area contributed by atoms with Gasteiger partial charge in [-0.3, -0.25) is 0 Å². The first-order valence-electron chi connectivity index (χ1n) is 7.19. The first kappa shape index (κ1) is 13.8. The van der Waals surface area contributed by atoms with Crippen molar-refractivity contribution in [3.8, 4) is 0 Å². The molecule has 2 rings (SSSR count). The molecule has 2 heterocycles. The van der Waals surface area contributed by atoms with Gasteiger partial charge in [0.2, 0.25) is 17.8 Å². The van der Waals surface area contributed by atoms with Crippen molar-refractivity contribution in [3.63, 3.8) is 0 Å². The lowest BCUT2D eigenvalue weighted by Gasteiger charge is -2.21. The fraction of sp³-hybridized carbons (Fsp3) is 0.769. The van der Waals surface area contributed by atoms with Crippen LogP contribution in [-0.4, -0.2) is 41.1 Å². The second-order valence-corrected chi connectivity index (χ2v) is 4.97. The summed E-state index contributed by atoms with van der Waals surface area (Å²) in [4.78, 5) is 17.4. The minimum atomic E-state index is 0.312. The number of nitrogens with zero attached hydrogens (tertiary/aromatic N) is 5. The summed E-state index contributed by atoms with van der Waals surface area (Å²) < 4.78 is 0. The molecule has 0 bridgehead atoms. The van der Waals surface area contributed by atoms with E-state index in [9.17, 15) is 0 Å².